The Balaban J connectivity index is 1.74. The summed E-state index contributed by atoms with van der Waals surface area (Å²) in [6, 6.07) is 13.9. The first-order chi connectivity index (χ1) is 11.6. The summed E-state index contributed by atoms with van der Waals surface area (Å²) < 4.78 is 6.20. The number of carbonyl (C=O) groups excluding carboxylic acids is 1. The van der Waals surface area contributed by atoms with Crippen LogP contribution in [0.25, 0.3) is 0 Å². The zero-order valence-corrected chi connectivity index (χ0v) is 15.5. The number of benzene rings is 2. The highest BCUT2D eigenvalue weighted by Gasteiger charge is 2.30. The number of hydrogen-bond acceptors (Lipinski definition) is 2. The van der Waals surface area contributed by atoms with E-state index in [9.17, 15) is 4.79 Å². The van der Waals surface area contributed by atoms with Crippen molar-refractivity contribution in [1.82, 2.24) is 4.90 Å². The van der Waals surface area contributed by atoms with Gasteiger partial charge < -0.3 is 15.0 Å². The van der Waals surface area contributed by atoms with Crippen LogP contribution in [0.15, 0.2) is 46.9 Å². The molecule has 1 aliphatic heterocycles. The molecule has 126 valence electrons. The maximum absolute atomic E-state index is 12.7. The molecule has 1 fully saturated rings. The molecular formula is C19H21BrN2O2. The van der Waals surface area contributed by atoms with Gasteiger partial charge in [0.25, 0.3) is 0 Å². The van der Waals surface area contributed by atoms with Crippen molar-refractivity contribution in [2.45, 2.75) is 25.8 Å². The van der Waals surface area contributed by atoms with Gasteiger partial charge in [0.2, 0.25) is 0 Å². The molecule has 4 nitrogen and oxygen atoms in total. The van der Waals surface area contributed by atoms with Crippen molar-refractivity contribution in [3.8, 4) is 5.75 Å². The maximum atomic E-state index is 12.7. The molecule has 0 radical (unpaired) electrons. The molecule has 5 heteroatoms. The second kappa shape index (κ2) is 7.26. The van der Waals surface area contributed by atoms with Crippen LogP contribution in [0.1, 0.15) is 30.0 Å². The van der Waals surface area contributed by atoms with Crippen molar-refractivity contribution in [1.29, 1.82) is 0 Å². The number of nitrogens with one attached hydrogen (secondary N) is 1. The molecule has 0 spiro atoms. The molecular weight excluding hydrogens is 368 g/mol. The first-order valence-corrected chi connectivity index (χ1v) is 8.85. The molecule has 2 aromatic rings. The Kier molecular flexibility index (Phi) is 5.09. The second-order valence-corrected chi connectivity index (χ2v) is 6.87. The van der Waals surface area contributed by atoms with Crippen LogP contribution in [0.5, 0.6) is 5.75 Å². The average Bonchev–Trinajstić information content (AvgIpc) is 3.08. The number of ether oxygens (including phenoxy) is 1. The monoisotopic (exact) mass is 388 g/mol. The molecule has 1 heterocycles. The van der Waals surface area contributed by atoms with Gasteiger partial charge in [-0.05, 0) is 55.2 Å². The Bertz CT molecular complexity index is 731. The highest BCUT2D eigenvalue weighted by atomic mass is 79.9. The van der Waals surface area contributed by atoms with Crippen LogP contribution < -0.4 is 10.1 Å². The van der Waals surface area contributed by atoms with Gasteiger partial charge in [-0.2, -0.15) is 0 Å². The predicted octanol–water partition coefficient (Wildman–Crippen LogP) is 5.14. The first kappa shape index (κ1) is 16.8. The van der Waals surface area contributed by atoms with Gasteiger partial charge in [-0.1, -0.05) is 34.1 Å². The zero-order chi connectivity index (χ0) is 17.1. The van der Waals surface area contributed by atoms with Crippen LogP contribution in [0, 0.1) is 6.92 Å². The zero-order valence-electron chi connectivity index (χ0n) is 13.9. The molecule has 0 aliphatic carbocycles. The van der Waals surface area contributed by atoms with Crippen molar-refractivity contribution < 1.29 is 9.53 Å². The van der Waals surface area contributed by atoms with Gasteiger partial charge in [0.15, 0.2) is 0 Å². The van der Waals surface area contributed by atoms with E-state index in [4.69, 9.17) is 4.74 Å². The standard InChI is InChI=1S/C19H21BrN2O2/c1-13-5-8-15(12-17(13)20)21-19(23)22-11-3-4-18(22)14-6-9-16(24-2)10-7-14/h5-10,12,18H,3-4,11H2,1-2H3,(H,21,23). The lowest BCUT2D eigenvalue weighted by Crippen LogP contribution is -2.34. The van der Waals surface area contributed by atoms with Gasteiger partial charge in [-0.3, -0.25) is 0 Å². The molecule has 1 N–H and O–H groups in total. The first-order valence-electron chi connectivity index (χ1n) is 8.06. The Labute approximate surface area is 150 Å². The number of likely N-dealkylation sites (tertiary alicyclic amines) is 1. The van der Waals surface area contributed by atoms with Crippen LogP contribution in [-0.4, -0.2) is 24.6 Å². The van der Waals surface area contributed by atoms with E-state index < -0.39 is 0 Å². The quantitative estimate of drug-likeness (QED) is 0.790. The smallest absolute Gasteiger partial charge is 0.322 e. The summed E-state index contributed by atoms with van der Waals surface area (Å²) in [5.41, 5.74) is 3.09. The van der Waals surface area contributed by atoms with E-state index >= 15 is 0 Å². The molecule has 1 saturated heterocycles. The highest BCUT2D eigenvalue weighted by molar-refractivity contribution is 9.10. The SMILES string of the molecule is COc1ccc(C2CCCN2C(=O)Nc2ccc(C)c(Br)c2)cc1. The third-order valence-corrected chi connectivity index (χ3v) is 5.29. The molecule has 2 amide bonds. The van der Waals surface area contributed by atoms with E-state index in [1.54, 1.807) is 7.11 Å². The lowest BCUT2D eigenvalue weighted by atomic mass is 10.0. The number of hydrogen-bond donors (Lipinski definition) is 1. The van der Waals surface area contributed by atoms with Gasteiger partial charge >= 0.3 is 6.03 Å². The molecule has 24 heavy (non-hydrogen) atoms. The number of methoxy groups -OCH3 is 1. The number of carbonyl (C=O) groups is 1. The minimum absolute atomic E-state index is 0.0518. The van der Waals surface area contributed by atoms with E-state index in [1.165, 1.54) is 0 Å². The molecule has 2 aromatic carbocycles. The molecule has 1 atom stereocenters. The van der Waals surface area contributed by atoms with E-state index in [-0.39, 0.29) is 12.1 Å². The van der Waals surface area contributed by atoms with Gasteiger partial charge in [0.05, 0.1) is 13.2 Å². The normalized spacial score (nSPS) is 17.0. The van der Waals surface area contributed by atoms with Crippen LogP contribution in [-0.2, 0) is 0 Å². The number of halogens is 1. The van der Waals surface area contributed by atoms with Crippen LogP contribution >= 0.6 is 15.9 Å². The molecule has 1 unspecified atom stereocenters. The number of nitrogens with zero attached hydrogens (tertiary/aromatic N) is 1. The summed E-state index contributed by atoms with van der Waals surface area (Å²) in [6.07, 6.45) is 2.00. The van der Waals surface area contributed by atoms with Gasteiger partial charge in [-0.25, -0.2) is 4.79 Å². The number of amides is 2. The number of rotatable bonds is 3. The third-order valence-electron chi connectivity index (χ3n) is 4.44. The lowest BCUT2D eigenvalue weighted by molar-refractivity contribution is 0.207. The van der Waals surface area contributed by atoms with Crippen molar-refractivity contribution in [2.24, 2.45) is 0 Å². The van der Waals surface area contributed by atoms with Crippen molar-refractivity contribution in [3.63, 3.8) is 0 Å². The van der Waals surface area contributed by atoms with E-state index in [0.29, 0.717) is 0 Å². The molecule has 1 aliphatic rings. The third kappa shape index (κ3) is 3.56. The Morgan fingerprint density at radius 3 is 2.67 bits per heavy atom. The molecule has 0 aromatic heterocycles. The van der Waals surface area contributed by atoms with Gasteiger partial charge in [0, 0.05) is 16.7 Å². The van der Waals surface area contributed by atoms with E-state index in [0.717, 1.165) is 46.4 Å². The fraction of sp³-hybridized carbons (Fsp3) is 0.316. The summed E-state index contributed by atoms with van der Waals surface area (Å²) in [5.74, 6) is 0.831. The maximum Gasteiger partial charge on any atom is 0.322 e. The van der Waals surface area contributed by atoms with E-state index in [2.05, 4.69) is 21.2 Å². The summed E-state index contributed by atoms with van der Waals surface area (Å²) >= 11 is 3.50. The largest absolute Gasteiger partial charge is 0.497 e. The Morgan fingerprint density at radius 2 is 2.00 bits per heavy atom. The number of anilines is 1. The minimum atomic E-state index is -0.0518. The number of urea groups is 1. The fourth-order valence-corrected chi connectivity index (χ4v) is 3.43. The lowest BCUT2D eigenvalue weighted by Gasteiger charge is -2.25. The Hall–Kier alpha value is -2.01. The molecule has 3 rings (SSSR count). The fourth-order valence-electron chi connectivity index (χ4n) is 3.05. The molecule has 0 saturated carbocycles. The minimum Gasteiger partial charge on any atom is -0.497 e. The molecule has 0 bridgehead atoms. The van der Waals surface area contributed by atoms with Crippen LogP contribution in [0.4, 0.5) is 10.5 Å². The summed E-state index contributed by atoms with van der Waals surface area (Å²) in [4.78, 5) is 14.6. The van der Waals surface area contributed by atoms with Gasteiger partial charge in [-0.15, -0.1) is 0 Å². The summed E-state index contributed by atoms with van der Waals surface area (Å²) in [5, 5.41) is 3.01. The topological polar surface area (TPSA) is 41.6 Å². The van der Waals surface area contributed by atoms with Crippen molar-refractivity contribution in [3.05, 3.63) is 58.1 Å². The summed E-state index contributed by atoms with van der Waals surface area (Å²) in [7, 11) is 1.66. The van der Waals surface area contributed by atoms with Crippen molar-refractivity contribution in [2.75, 3.05) is 19.0 Å². The highest BCUT2D eigenvalue weighted by Crippen LogP contribution is 2.33. The van der Waals surface area contributed by atoms with Crippen LogP contribution in [0.2, 0.25) is 0 Å². The second-order valence-electron chi connectivity index (χ2n) is 6.02. The average molecular weight is 389 g/mol. The van der Waals surface area contributed by atoms with Gasteiger partial charge in [0.1, 0.15) is 5.75 Å². The van der Waals surface area contributed by atoms with E-state index in [1.807, 2.05) is 54.3 Å². The predicted molar refractivity (Wildman–Crippen MR) is 99.6 cm³/mol. The number of aryl methyl sites for hydroxylation is 1. The van der Waals surface area contributed by atoms with Crippen molar-refractivity contribution >= 4 is 27.6 Å². The summed E-state index contributed by atoms with van der Waals surface area (Å²) in [6.45, 7) is 2.80. The van der Waals surface area contributed by atoms with Crippen LogP contribution in [0.3, 0.4) is 0 Å². The Morgan fingerprint density at radius 1 is 1.25 bits per heavy atom.